The number of hydrogen-bond donors (Lipinski definition) is 2. The Kier molecular flexibility index (Phi) is 7.56. The molecule has 2 N–H and O–H groups in total. The first-order valence-corrected chi connectivity index (χ1v) is 14.2. The van der Waals surface area contributed by atoms with Crippen LogP contribution in [0.5, 0.6) is 11.5 Å². The predicted molar refractivity (Wildman–Crippen MR) is 156 cm³/mol. The highest BCUT2D eigenvalue weighted by Gasteiger charge is 2.31. The highest BCUT2D eigenvalue weighted by Crippen LogP contribution is 2.37. The molecule has 0 aromatic carbocycles. The highest BCUT2D eigenvalue weighted by atomic mass is 16.5. The summed E-state index contributed by atoms with van der Waals surface area (Å²) in [5.41, 5.74) is 6.61. The fourth-order valence-electron chi connectivity index (χ4n) is 6.08. The van der Waals surface area contributed by atoms with E-state index in [0.717, 1.165) is 67.8 Å². The number of ether oxygens (including phenoxy) is 2. The van der Waals surface area contributed by atoms with Gasteiger partial charge in [-0.1, -0.05) is 12.5 Å². The van der Waals surface area contributed by atoms with Gasteiger partial charge in [0.05, 0.1) is 37.8 Å². The molecule has 0 amide bonds. The zero-order valence-corrected chi connectivity index (χ0v) is 23.9. The van der Waals surface area contributed by atoms with E-state index in [2.05, 4.69) is 37.9 Å². The molecular weight excluding hydrogens is 518 g/mol. The molecule has 5 heterocycles. The molecule has 1 atom stereocenters. The van der Waals surface area contributed by atoms with Crippen molar-refractivity contribution in [1.29, 1.82) is 0 Å². The summed E-state index contributed by atoms with van der Waals surface area (Å²) < 4.78 is 15.9. The van der Waals surface area contributed by atoms with Gasteiger partial charge < -0.3 is 24.8 Å². The van der Waals surface area contributed by atoms with Gasteiger partial charge in [-0.05, 0) is 55.9 Å². The number of nitrogens with zero attached hydrogens (tertiary/aromatic N) is 6. The SMILES string of the molecule is C#CNC1CC(CN2CCc3c(C)c(-c4cc(O[C@H](CO)c5ccc(C)cn5)c5c(OC)cnn5c4)nn3CC2)C1. The molecule has 41 heavy (non-hydrogen) atoms. The third kappa shape index (κ3) is 5.35. The minimum absolute atomic E-state index is 0.223. The van der Waals surface area contributed by atoms with Crippen LogP contribution in [0.1, 0.15) is 41.5 Å². The number of hydrogen-bond acceptors (Lipinski definition) is 8. The number of aliphatic hydroxyl groups excluding tert-OH is 1. The molecule has 214 valence electrons. The first kappa shape index (κ1) is 27.1. The van der Waals surface area contributed by atoms with Gasteiger partial charge in [0.15, 0.2) is 23.1 Å². The van der Waals surface area contributed by atoms with Crippen LogP contribution in [0.2, 0.25) is 0 Å². The number of fused-ring (bicyclic) bond motifs is 2. The number of methoxy groups -OCH3 is 1. The van der Waals surface area contributed by atoms with E-state index in [0.29, 0.717) is 34.7 Å². The summed E-state index contributed by atoms with van der Waals surface area (Å²) in [6.07, 6.45) is 13.4. The van der Waals surface area contributed by atoms with Crippen LogP contribution in [0.4, 0.5) is 0 Å². The molecule has 10 nitrogen and oxygen atoms in total. The number of terminal acetylenes is 1. The minimum Gasteiger partial charge on any atom is -0.493 e. The first-order chi connectivity index (χ1) is 20.0. The Balaban J connectivity index is 1.26. The van der Waals surface area contributed by atoms with Crippen LogP contribution in [0, 0.1) is 32.2 Å². The van der Waals surface area contributed by atoms with E-state index in [9.17, 15) is 5.11 Å². The van der Waals surface area contributed by atoms with Crippen LogP contribution in [0.25, 0.3) is 16.8 Å². The third-order valence-corrected chi connectivity index (χ3v) is 8.39. The lowest BCUT2D eigenvalue weighted by atomic mass is 9.80. The average molecular weight is 556 g/mol. The van der Waals surface area contributed by atoms with Crippen molar-refractivity contribution in [3.8, 4) is 35.2 Å². The van der Waals surface area contributed by atoms with Gasteiger partial charge in [-0.2, -0.15) is 10.2 Å². The van der Waals surface area contributed by atoms with E-state index < -0.39 is 6.10 Å². The minimum atomic E-state index is -0.645. The van der Waals surface area contributed by atoms with Crippen LogP contribution in [0.15, 0.2) is 36.8 Å². The Labute approximate surface area is 240 Å². The molecule has 10 heteroatoms. The molecule has 0 spiro atoms. The molecular formula is C31H37N7O3. The van der Waals surface area contributed by atoms with Crippen LogP contribution < -0.4 is 14.8 Å². The van der Waals surface area contributed by atoms with Crippen LogP contribution >= 0.6 is 0 Å². The maximum atomic E-state index is 10.2. The Bertz CT molecular complexity index is 1560. The maximum absolute atomic E-state index is 10.2. The van der Waals surface area contributed by atoms with Crippen molar-refractivity contribution in [3.05, 3.63) is 59.3 Å². The Morgan fingerprint density at radius 1 is 1.17 bits per heavy atom. The maximum Gasteiger partial charge on any atom is 0.168 e. The van der Waals surface area contributed by atoms with Crippen LogP contribution in [0.3, 0.4) is 0 Å². The van der Waals surface area contributed by atoms with E-state index in [4.69, 9.17) is 21.0 Å². The van der Waals surface area contributed by atoms with Crippen LogP contribution in [-0.2, 0) is 13.0 Å². The lowest BCUT2D eigenvalue weighted by Gasteiger charge is -2.37. The van der Waals surface area contributed by atoms with Gasteiger partial charge in [0.1, 0.15) is 0 Å². The molecule has 1 fully saturated rings. The van der Waals surface area contributed by atoms with Gasteiger partial charge in [-0.25, -0.2) is 4.52 Å². The molecule has 0 bridgehead atoms. The van der Waals surface area contributed by atoms with E-state index in [1.165, 1.54) is 5.69 Å². The molecule has 0 unspecified atom stereocenters. The second-order valence-corrected chi connectivity index (χ2v) is 11.2. The van der Waals surface area contributed by atoms with Crippen molar-refractivity contribution in [3.63, 3.8) is 0 Å². The zero-order chi connectivity index (χ0) is 28.5. The Morgan fingerprint density at radius 2 is 2.02 bits per heavy atom. The summed E-state index contributed by atoms with van der Waals surface area (Å²) in [7, 11) is 1.61. The molecule has 1 saturated carbocycles. The van der Waals surface area contributed by atoms with E-state index in [1.807, 2.05) is 31.3 Å². The van der Waals surface area contributed by atoms with Gasteiger partial charge in [-0.3, -0.25) is 9.67 Å². The number of aryl methyl sites for hydroxylation is 1. The number of pyridine rings is 2. The van der Waals surface area contributed by atoms with E-state index >= 15 is 0 Å². The molecule has 4 aromatic heterocycles. The zero-order valence-electron chi connectivity index (χ0n) is 23.9. The Hall–Kier alpha value is -4.07. The van der Waals surface area contributed by atoms with Crippen molar-refractivity contribution in [2.75, 3.05) is 33.4 Å². The average Bonchev–Trinajstić information content (AvgIpc) is 3.45. The smallest absolute Gasteiger partial charge is 0.168 e. The standard InChI is InChI=1S/C31H37N7O3/c1-5-32-24-12-22(13-24)17-36-9-8-26-21(3)30(35-37(26)11-10-36)23-14-27(31-28(40-4)16-34-38(31)18-23)41-29(19-39)25-7-6-20(2)15-33-25/h1,6-7,14-16,18,22,24,29,32,39H,8-13,17,19H2,2-4H3/t22?,24?,29-/m1/s1. The van der Waals surface area contributed by atoms with Crippen molar-refractivity contribution >= 4 is 5.52 Å². The summed E-state index contributed by atoms with van der Waals surface area (Å²) in [5.74, 6) is 1.84. The van der Waals surface area contributed by atoms with Gasteiger partial charge in [0.25, 0.3) is 0 Å². The predicted octanol–water partition coefficient (Wildman–Crippen LogP) is 3.15. The first-order valence-electron chi connectivity index (χ1n) is 14.2. The number of aliphatic hydroxyl groups is 1. The molecule has 2 aliphatic rings. The molecule has 0 saturated heterocycles. The molecule has 0 radical (unpaired) electrons. The Morgan fingerprint density at radius 3 is 2.76 bits per heavy atom. The lowest BCUT2D eigenvalue weighted by molar-refractivity contribution is 0.114. The molecule has 4 aromatic rings. The summed E-state index contributed by atoms with van der Waals surface area (Å²) in [6, 6.07) is 8.84. The number of aromatic nitrogens is 5. The van der Waals surface area contributed by atoms with Crippen molar-refractivity contribution < 1.29 is 14.6 Å². The fraction of sp³-hybridized carbons (Fsp3) is 0.452. The second-order valence-electron chi connectivity index (χ2n) is 11.2. The topological polar surface area (TPSA) is 102 Å². The van der Waals surface area contributed by atoms with Gasteiger partial charge in [-0.15, -0.1) is 0 Å². The highest BCUT2D eigenvalue weighted by molar-refractivity contribution is 5.75. The van der Waals surface area contributed by atoms with E-state index in [1.54, 1.807) is 24.0 Å². The van der Waals surface area contributed by atoms with Gasteiger partial charge in [0.2, 0.25) is 0 Å². The third-order valence-electron chi connectivity index (χ3n) is 8.39. The molecule has 1 aliphatic carbocycles. The second kappa shape index (κ2) is 11.4. The summed E-state index contributed by atoms with van der Waals surface area (Å²) in [4.78, 5) is 7.04. The van der Waals surface area contributed by atoms with Gasteiger partial charge >= 0.3 is 0 Å². The summed E-state index contributed by atoms with van der Waals surface area (Å²) >= 11 is 0. The normalized spacial score (nSPS) is 19.6. The van der Waals surface area contributed by atoms with Crippen molar-refractivity contribution in [2.24, 2.45) is 5.92 Å². The summed E-state index contributed by atoms with van der Waals surface area (Å²) in [6.45, 7) is 7.85. The number of nitrogens with one attached hydrogen (secondary N) is 1. The monoisotopic (exact) mass is 555 g/mol. The fourth-order valence-corrected chi connectivity index (χ4v) is 6.08. The summed E-state index contributed by atoms with van der Waals surface area (Å²) in [5, 5.41) is 22.9. The van der Waals surface area contributed by atoms with Crippen LogP contribution in [-0.4, -0.2) is 73.8 Å². The van der Waals surface area contributed by atoms with E-state index in [-0.39, 0.29) is 6.61 Å². The largest absolute Gasteiger partial charge is 0.493 e. The molecule has 6 rings (SSSR count). The number of rotatable bonds is 9. The van der Waals surface area contributed by atoms with Crippen molar-refractivity contribution in [2.45, 2.75) is 51.8 Å². The van der Waals surface area contributed by atoms with Crippen molar-refractivity contribution in [1.82, 2.24) is 34.6 Å². The lowest BCUT2D eigenvalue weighted by Crippen LogP contribution is -2.44. The molecule has 1 aliphatic heterocycles. The van der Waals surface area contributed by atoms with Gasteiger partial charge in [0, 0.05) is 61.8 Å². The quantitative estimate of drug-likeness (QED) is 0.240.